The van der Waals surface area contributed by atoms with Gasteiger partial charge in [-0.2, -0.15) is 0 Å². The molecule has 1 amide bonds. The van der Waals surface area contributed by atoms with E-state index in [1.165, 1.54) is 128 Å². The number of nitrogens with zero attached hydrogens (tertiary/aromatic N) is 1. The molecule has 0 aliphatic carbocycles. The van der Waals surface area contributed by atoms with Gasteiger partial charge in [0.2, 0.25) is 5.91 Å². The van der Waals surface area contributed by atoms with E-state index in [1.54, 1.807) is 4.90 Å². The van der Waals surface area contributed by atoms with Crippen LogP contribution in [0, 0.1) is 0 Å². The number of amides is 1. The maximum atomic E-state index is 13.9. The Morgan fingerprint density at radius 1 is 0.435 bits per heavy atom. The van der Waals surface area contributed by atoms with Crippen LogP contribution in [-0.2, 0) is 23.9 Å². The highest BCUT2D eigenvalue weighted by atomic mass is 16.6. The number of ether oxygens (including phenoxy) is 2. The van der Waals surface area contributed by atoms with Gasteiger partial charge in [0.1, 0.15) is 6.61 Å². The van der Waals surface area contributed by atoms with Gasteiger partial charge in [0, 0.05) is 24.9 Å². The molecule has 0 heterocycles. The number of rotatable bonds is 50. The molecule has 6 nitrogen and oxygen atoms in total. The van der Waals surface area contributed by atoms with Crippen molar-refractivity contribution in [1.29, 1.82) is 0 Å². The molecule has 1 aromatic rings. The van der Waals surface area contributed by atoms with Gasteiger partial charge in [0.05, 0.1) is 6.54 Å². The molecule has 1 unspecified atom stereocenters. The Hall–Kier alpha value is -3.41. The molecule has 1 atom stereocenters. The molecule has 0 saturated carbocycles. The van der Waals surface area contributed by atoms with Crippen LogP contribution in [0.25, 0.3) is 0 Å². The van der Waals surface area contributed by atoms with Crippen LogP contribution in [0.3, 0.4) is 0 Å². The van der Waals surface area contributed by atoms with Crippen molar-refractivity contribution in [3.8, 4) is 0 Å². The summed E-state index contributed by atoms with van der Waals surface area (Å²) in [7, 11) is 0. The summed E-state index contributed by atoms with van der Waals surface area (Å²) in [5.41, 5.74) is 0.774. The van der Waals surface area contributed by atoms with Crippen molar-refractivity contribution in [2.45, 2.75) is 284 Å². The van der Waals surface area contributed by atoms with E-state index in [-0.39, 0.29) is 31.0 Å². The van der Waals surface area contributed by atoms with E-state index in [1.807, 2.05) is 30.3 Å². The number of benzene rings is 1. The number of anilines is 1. The summed E-state index contributed by atoms with van der Waals surface area (Å²) in [6.45, 7) is 6.81. The van der Waals surface area contributed by atoms with Gasteiger partial charge in [0.25, 0.3) is 0 Å². The average Bonchev–Trinajstić information content (AvgIpc) is 3.36. The molecular weight excluding hydrogens is 851 g/mol. The van der Waals surface area contributed by atoms with Crippen LogP contribution < -0.4 is 4.90 Å². The zero-order valence-electron chi connectivity index (χ0n) is 45.3. The maximum absolute atomic E-state index is 13.9. The molecule has 0 N–H and O–H groups in total. The van der Waals surface area contributed by atoms with Crippen LogP contribution >= 0.6 is 0 Å². The van der Waals surface area contributed by atoms with E-state index in [4.69, 9.17) is 9.47 Å². The molecule has 0 spiro atoms. The Labute approximate surface area is 426 Å². The lowest BCUT2D eigenvalue weighted by Crippen LogP contribution is -2.41. The highest BCUT2D eigenvalue weighted by Gasteiger charge is 2.25. The molecule has 1 aromatic carbocycles. The predicted octanol–water partition coefficient (Wildman–Crippen LogP) is 19.4. The third-order valence-electron chi connectivity index (χ3n) is 13.2. The fourth-order valence-electron chi connectivity index (χ4n) is 8.80. The monoisotopic (exact) mass is 958 g/mol. The van der Waals surface area contributed by atoms with Crippen LogP contribution in [0.4, 0.5) is 5.69 Å². The smallest absolute Gasteiger partial charge is 0.306 e. The normalized spacial score (nSPS) is 12.3. The zero-order valence-corrected chi connectivity index (χ0v) is 45.3. The molecule has 0 radical (unpaired) electrons. The Balaban J connectivity index is 2.60. The van der Waals surface area contributed by atoms with Gasteiger partial charge in [0.15, 0.2) is 6.10 Å². The van der Waals surface area contributed by atoms with Crippen LogP contribution in [0.5, 0.6) is 0 Å². The molecule has 0 bridgehead atoms. The van der Waals surface area contributed by atoms with Gasteiger partial charge in [-0.15, -0.1) is 0 Å². The lowest BCUT2D eigenvalue weighted by Gasteiger charge is -2.28. The number of hydrogen-bond donors (Lipinski definition) is 0. The van der Waals surface area contributed by atoms with Crippen LogP contribution in [0.2, 0.25) is 0 Å². The first-order valence-corrected chi connectivity index (χ1v) is 29.3. The standard InChI is InChI=1S/C63H107NO5/c1-4-7-10-13-16-19-22-25-28-31-34-37-40-43-49-54-61(65)64(59-52-47-46-48-53-59)57-60(69-63(67)56-51-45-42-39-36-33-30-27-24-21-18-15-12-9-6-3)58-68-62(66)55-50-44-41-38-35-32-29-26-23-20-17-14-11-8-5-2/h8,11,17,20,26-27,29-30,46-48,52-53,60H,4-7,9-10,12-16,18-19,21-25,28,31-45,49-51,54-58H2,1-3H3/b11-8-,20-17-,29-26-,30-27-. The summed E-state index contributed by atoms with van der Waals surface area (Å²) in [4.78, 5) is 41.9. The quantitative estimate of drug-likeness (QED) is 0.0370. The fraction of sp³-hybridized carbons (Fsp3) is 0.730. The SMILES string of the molecule is CC/C=C\C/C=C\C/C=C\CCCCCCCC(=O)OCC(CN(C(=O)CCCCCCCCCCCCCCCCC)c1ccccc1)OC(=O)CCCCCCC/C=C\CCCCCCCC. The van der Waals surface area contributed by atoms with Crippen LogP contribution in [0.15, 0.2) is 78.9 Å². The number of allylic oxidation sites excluding steroid dienone is 8. The number of esters is 2. The van der Waals surface area contributed by atoms with Crippen molar-refractivity contribution in [3.05, 3.63) is 78.9 Å². The number of hydrogen-bond acceptors (Lipinski definition) is 5. The zero-order chi connectivity index (χ0) is 49.8. The molecule has 0 aromatic heterocycles. The lowest BCUT2D eigenvalue weighted by molar-refractivity contribution is -0.158. The topological polar surface area (TPSA) is 72.9 Å². The van der Waals surface area contributed by atoms with Gasteiger partial charge in [-0.05, 0) is 89.2 Å². The maximum Gasteiger partial charge on any atom is 0.306 e. The van der Waals surface area contributed by atoms with E-state index in [0.29, 0.717) is 19.3 Å². The predicted molar refractivity (Wildman–Crippen MR) is 298 cm³/mol. The van der Waals surface area contributed by atoms with Crippen molar-refractivity contribution >= 4 is 23.5 Å². The summed E-state index contributed by atoms with van der Waals surface area (Å²) in [6, 6.07) is 9.67. The van der Waals surface area contributed by atoms with Gasteiger partial charge in [-0.25, -0.2) is 0 Å². The van der Waals surface area contributed by atoms with Crippen molar-refractivity contribution in [2.75, 3.05) is 18.1 Å². The number of carbonyl (C=O) groups excluding carboxylic acids is 3. The van der Waals surface area contributed by atoms with E-state index < -0.39 is 6.10 Å². The minimum Gasteiger partial charge on any atom is -0.462 e. The second-order valence-corrected chi connectivity index (χ2v) is 19.8. The molecule has 0 fully saturated rings. The Kier molecular flexibility index (Phi) is 47.0. The number of carbonyl (C=O) groups is 3. The molecule has 0 saturated heterocycles. The second-order valence-electron chi connectivity index (χ2n) is 19.8. The second kappa shape index (κ2) is 51.0. The Morgan fingerprint density at radius 2 is 0.812 bits per heavy atom. The van der Waals surface area contributed by atoms with Crippen molar-refractivity contribution in [2.24, 2.45) is 0 Å². The van der Waals surface area contributed by atoms with E-state index >= 15 is 0 Å². The first kappa shape index (κ1) is 63.6. The summed E-state index contributed by atoms with van der Waals surface area (Å²) in [5.74, 6) is -0.545. The summed E-state index contributed by atoms with van der Waals surface area (Å²) in [5, 5.41) is 0. The van der Waals surface area contributed by atoms with Crippen molar-refractivity contribution < 1.29 is 23.9 Å². The molecule has 6 heteroatoms. The molecule has 0 aliphatic heterocycles. The third-order valence-corrected chi connectivity index (χ3v) is 13.2. The number of para-hydroxylation sites is 1. The van der Waals surface area contributed by atoms with Gasteiger partial charge in [-0.3, -0.25) is 14.4 Å². The fourth-order valence-corrected chi connectivity index (χ4v) is 8.80. The first-order chi connectivity index (χ1) is 34.0. The van der Waals surface area contributed by atoms with Crippen molar-refractivity contribution in [3.63, 3.8) is 0 Å². The lowest BCUT2D eigenvalue weighted by atomic mass is 10.0. The molecule has 0 aliphatic rings. The van der Waals surface area contributed by atoms with Gasteiger partial charge < -0.3 is 14.4 Å². The summed E-state index contributed by atoms with van der Waals surface area (Å²) >= 11 is 0. The van der Waals surface area contributed by atoms with E-state index in [2.05, 4.69) is 69.4 Å². The Bertz CT molecular complexity index is 1420. The summed E-state index contributed by atoms with van der Waals surface area (Å²) in [6.07, 6.45) is 62.5. The number of unbranched alkanes of at least 4 members (excludes halogenated alkanes) is 30. The van der Waals surface area contributed by atoms with Crippen molar-refractivity contribution in [1.82, 2.24) is 0 Å². The highest BCUT2D eigenvalue weighted by Crippen LogP contribution is 2.20. The van der Waals surface area contributed by atoms with Crippen LogP contribution in [-0.4, -0.2) is 37.1 Å². The first-order valence-electron chi connectivity index (χ1n) is 29.3. The molecule has 69 heavy (non-hydrogen) atoms. The minimum absolute atomic E-state index is 0.0170. The molecular formula is C63H107NO5. The minimum atomic E-state index is -0.740. The average molecular weight is 959 g/mol. The van der Waals surface area contributed by atoms with Gasteiger partial charge in [-0.1, -0.05) is 248 Å². The molecule has 1 rings (SSSR count). The highest BCUT2D eigenvalue weighted by molar-refractivity contribution is 5.93. The molecule has 394 valence electrons. The summed E-state index contributed by atoms with van der Waals surface area (Å²) < 4.78 is 11.8. The largest absolute Gasteiger partial charge is 0.462 e. The third kappa shape index (κ3) is 43.1. The Morgan fingerprint density at radius 3 is 1.28 bits per heavy atom. The van der Waals surface area contributed by atoms with Crippen LogP contribution in [0.1, 0.15) is 278 Å². The van der Waals surface area contributed by atoms with E-state index in [0.717, 1.165) is 115 Å². The van der Waals surface area contributed by atoms with E-state index in [9.17, 15) is 14.4 Å². The van der Waals surface area contributed by atoms with Gasteiger partial charge >= 0.3 is 11.9 Å².